The summed E-state index contributed by atoms with van der Waals surface area (Å²) in [5.74, 6) is -1.82. The summed E-state index contributed by atoms with van der Waals surface area (Å²) in [5.41, 5.74) is 4.03. The molecular weight excluding hydrogens is 1020 g/mol. The molecule has 0 radical (unpaired) electrons. The summed E-state index contributed by atoms with van der Waals surface area (Å²) in [4.78, 5) is 79.1. The molecule has 5 aromatic rings. The zero-order valence-corrected chi connectivity index (χ0v) is 42.7. The Kier molecular flexibility index (Phi) is 21.3. The Labute approximate surface area is 435 Å². The quantitative estimate of drug-likeness (QED) is 0.0264. The molecule has 16 nitrogen and oxygen atoms in total. The fourth-order valence-electron chi connectivity index (χ4n) is 6.83. The first-order valence-electron chi connectivity index (χ1n) is 22.1. The third-order valence-corrected chi connectivity index (χ3v) is 11.1. The van der Waals surface area contributed by atoms with Crippen molar-refractivity contribution in [3.8, 4) is 11.5 Å². The molecule has 2 atom stereocenters. The van der Waals surface area contributed by atoms with Crippen LogP contribution in [0.5, 0.6) is 11.5 Å². The van der Waals surface area contributed by atoms with E-state index in [4.69, 9.17) is 67.5 Å². The highest BCUT2D eigenvalue weighted by atomic mass is 35.5. The van der Waals surface area contributed by atoms with Crippen LogP contribution in [-0.4, -0.2) is 78.1 Å². The van der Waals surface area contributed by atoms with Gasteiger partial charge in [0.2, 0.25) is 12.1 Å². The summed E-state index contributed by atoms with van der Waals surface area (Å²) in [6.45, 7) is 7.00. The van der Waals surface area contributed by atoms with Crippen LogP contribution in [0.4, 0.5) is 34.1 Å². The Morgan fingerprint density at radius 3 is 1.32 bits per heavy atom. The summed E-state index contributed by atoms with van der Waals surface area (Å²) in [5, 5.41) is 27.4. The van der Waals surface area contributed by atoms with Crippen LogP contribution in [0.15, 0.2) is 111 Å². The summed E-state index contributed by atoms with van der Waals surface area (Å²) in [7, 11) is 0. The van der Waals surface area contributed by atoms with Crippen LogP contribution >= 0.6 is 58.0 Å². The van der Waals surface area contributed by atoms with Crippen molar-refractivity contribution in [2.75, 3.05) is 52.1 Å². The molecule has 4 N–H and O–H groups in total. The van der Waals surface area contributed by atoms with Gasteiger partial charge < -0.3 is 30.7 Å². The minimum Gasteiger partial charge on any atom is -0.494 e. The SMILES string of the molecule is CCOc1ccc(NC(=O)c2cc(Cl)cc(N=NC(C(C)=O)C(=O)Nc3ccc(NC(=O)C(N=Nc4cc(Cl)cc(C(=O)Nc5ccc(OCC)c(CCCl)c5)c4)C(C)=O)c(CCCl)c3)c2)cc1CCCl. The number of alkyl halides is 3. The molecule has 5 aromatic carbocycles. The minimum atomic E-state index is -1.61. The van der Waals surface area contributed by atoms with E-state index in [0.29, 0.717) is 66.3 Å². The molecule has 4 amide bonds. The smallest absolute Gasteiger partial charge is 0.258 e. The zero-order valence-electron chi connectivity index (χ0n) is 38.9. The van der Waals surface area contributed by atoms with E-state index in [1.807, 2.05) is 13.8 Å². The molecule has 0 bridgehead atoms. The van der Waals surface area contributed by atoms with Crippen molar-refractivity contribution in [1.29, 1.82) is 0 Å². The van der Waals surface area contributed by atoms with Gasteiger partial charge in [-0.1, -0.05) is 23.2 Å². The van der Waals surface area contributed by atoms with Gasteiger partial charge in [-0.2, -0.15) is 20.5 Å². The normalized spacial score (nSPS) is 12.0. The van der Waals surface area contributed by atoms with Crippen molar-refractivity contribution in [3.63, 3.8) is 0 Å². The molecule has 0 spiro atoms. The van der Waals surface area contributed by atoms with E-state index in [9.17, 15) is 28.8 Å². The number of carbonyl (C=O) groups is 6. The second-order valence-electron chi connectivity index (χ2n) is 15.4. The second kappa shape index (κ2) is 27.2. The molecule has 0 aliphatic heterocycles. The molecule has 2 unspecified atom stereocenters. The average molecular weight is 1070 g/mol. The zero-order chi connectivity index (χ0) is 51.6. The van der Waals surface area contributed by atoms with Crippen LogP contribution in [0.3, 0.4) is 0 Å². The lowest BCUT2D eigenvalue weighted by Gasteiger charge is -2.15. The largest absolute Gasteiger partial charge is 0.494 e. The van der Waals surface area contributed by atoms with Crippen LogP contribution in [0.2, 0.25) is 10.0 Å². The molecule has 0 aromatic heterocycles. The predicted molar refractivity (Wildman–Crippen MR) is 279 cm³/mol. The van der Waals surface area contributed by atoms with Gasteiger partial charge in [0, 0.05) is 61.6 Å². The fraction of sp³-hybridized carbons (Fsp3) is 0.280. The molecule has 0 saturated heterocycles. The molecule has 0 aliphatic carbocycles. The van der Waals surface area contributed by atoms with Gasteiger partial charge in [-0.25, -0.2) is 0 Å². The summed E-state index contributed by atoms with van der Waals surface area (Å²) in [6, 6.07) is 20.1. The Morgan fingerprint density at radius 2 is 0.901 bits per heavy atom. The van der Waals surface area contributed by atoms with Crippen LogP contribution < -0.4 is 30.7 Å². The molecule has 5 rings (SSSR count). The van der Waals surface area contributed by atoms with E-state index in [2.05, 4.69) is 41.7 Å². The number of amides is 4. The van der Waals surface area contributed by atoms with Crippen LogP contribution in [0.1, 0.15) is 65.1 Å². The van der Waals surface area contributed by atoms with E-state index >= 15 is 0 Å². The van der Waals surface area contributed by atoms with Crippen LogP contribution in [-0.2, 0) is 38.4 Å². The van der Waals surface area contributed by atoms with Crippen molar-refractivity contribution in [3.05, 3.63) is 129 Å². The molecule has 71 heavy (non-hydrogen) atoms. The van der Waals surface area contributed by atoms with Crippen molar-refractivity contribution in [1.82, 2.24) is 0 Å². The van der Waals surface area contributed by atoms with Gasteiger partial charge in [0.05, 0.1) is 24.6 Å². The van der Waals surface area contributed by atoms with Gasteiger partial charge in [0.25, 0.3) is 23.6 Å². The fourth-order valence-corrected chi connectivity index (χ4v) is 7.90. The maximum Gasteiger partial charge on any atom is 0.258 e. The van der Waals surface area contributed by atoms with E-state index in [1.165, 1.54) is 68.4 Å². The third kappa shape index (κ3) is 16.3. The van der Waals surface area contributed by atoms with Crippen molar-refractivity contribution < 1.29 is 38.2 Å². The van der Waals surface area contributed by atoms with Gasteiger partial charge in [0.1, 0.15) is 11.5 Å². The number of halogens is 5. The number of hydrogen-bond acceptors (Lipinski definition) is 12. The van der Waals surface area contributed by atoms with Gasteiger partial charge in [-0.05, 0) is 155 Å². The lowest BCUT2D eigenvalue weighted by molar-refractivity contribution is -0.127. The molecule has 0 fully saturated rings. The Balaban J connectivity index is 1.27. The highest BCUT2D eigenvalue weighted by Gasteiger charge is 2.26. The number of ether oxygens (including phenoxy) is 2. The Bertz CT molecular complexity index is 2850. The monoisotopic (exact) mass is 1060 g/mol. The topological polar surface area (TPSA) is 218 Å². The number of nitrogens with zero attached hydrogens (tertiary/aromatic N) is 4. The van der Waals surface area contributed by atoms with Gasteiger partial charge in [-0.3, -0.25) is 28.8 Å². The number of benzene rings is 5. The molecular formula is C50H49Cl5N8O8. The number of anilines is 4. The minimum absolute atomic E-state index is 0.0979. The van der Waals surface area contributed by atoms with Crippen LogP contribution in [0, 0.1) is 0 Å². The van der Waals surface area contributed by atoms with E-state index in [-0.39, 0.29) is 56.2 Å². The first-order chi connectivity index (χ1) is 34.0. The average Bonchev–Trinajstić information content (AvgIpc) is 3.31. The van der Waals surface area contributed by atoms with Crippen molar-refractivity contribution >= 4 is 127 Å². The van der Waals surface area contributed by atoms with Gasteiger partial charge in [-0.15, -0.1) is 34.8 Å². The molecule has 0 saturated carbocycles. The first kappa shape index (κ1) is 55.5. The predicted octanol–water partition coefficient (Wildman–Crippen LogP) is 12.0. The highest BCUT2D eigenvalue weighted by Crippen LogP contribution is 2.30. The molecule has 372 valence electrons. The Morgan fingerprint density at radius 1 is 0.507 bits per heavy atom. The lowest BCUT2D eigenvalue weighted by Crippen LogP contribution is -2.32. The number of rotatable bonds is 24. The first-order valence-corrected chi connectivity index (χ1v) is 24.4. The number of azo groups is 2. The Hall–Kier alpha value is -6.43. The number of aryl methyl sites for hydroxylation is 3. The van der Waals surface area contributed by atoms with E-state index in [0.717, 1.165) is 11.1 Å². The number of carbonyl (C=O) groups excluding carboxylic acids is 6. The van der Waals surface area contributed by atoms with E-state index < -0.39 is 47.3 Å². The molecule has 21 heteroatoms. The van der Waals surface area contributed by atoms with Crippen LogP contribution in [0.25, 0.3) is 0 Å². The maximum atomic E-state index is 13.6. The highest BCUT2D eigenvalue weighted by molar-refractivity contribution is 6.32. The van der Waals surface area contributed by atoms with Crippen molar-refractivity contribution in [2.24, 2.45) is 20.5 Å². The number of ketones is 2. The third-order valence-electron chi connectivity index (χ3n) is 10.1. The number of Topliss-reactive ketones (excluding diaryl/α,β-unsaturated/α-hetero) is 2. The molecule has 0 heterocycles. The molecule has 0 aliphatic rings. The maximum absolute atomic E-state index is 13.6. The summed E-state index contributed by atoms with van der Waals surface area (Å²) in [6.07, 6.45) is 1.25. The van der Waals surface area contributed by atoms with E-state index in [1.54, 1.807) is 36.4 Å². The lowest BCUT2D eigenvalue weighted by atomic mass is 10.1. The number of nitrogens with one attached hydrogen (secondary N) is 4. The standard InChI is InChI=1S/C50H49Cl5N8O8/c1-5-70-43-11-8-38(22-31(43)14-17-52)56-47(66)33-19-35(54)26-40(24-33)60-62-45(28(3)64)49(68)58-37-7-10-42(30(21-37)13-16-51)59-50(69)46(29(4)65)63-61-41-25-34(20-36(55)27-41)48(67)57-39-9-12-44(71-6-2)32(23-39)15-18-53/h7-12,19-27,45-46H,5-6,13-18H2,1-4H3,(H,56,66)(H,57,67)(H,58,68)(H,59,69). The van der Waals surface area contributed by atoms with Gasteiger partial charge >= 0.3 is 0 Å². The second-order valence-corrected chi connectivity index (χ2v) is 17.4. The summed E-state index contributed by atoms with van der Waals surface area (Å²) < 4.78 is 11.3. The van der Waals surface area contributed by atoms with Crippen molar-refractivity contribution in [2.45, 2.75) is 59.0 Å². The van der Waals surface area contributed by atoms with Gasteiger partial charge in [0.15, 0.2) is 11.6 Å². The number of hydrogen-bond donors (Lipinski definition) is 4. The summed E-state index contributed by atoms with van der Waals surface area (Å²) >= 11 is 30.8.